The van der Waals surface area contributed by atoms with Crippen LogP contribution in [0.2, 0.25) is 0 Å². The second kappa shape index (κ2) is 6.57. The van der Waals surface area contributed by atoms with E-state index >= 15 is 0 Å². The molecule has 1 aliphatic rings. The summed E-state index contributed by atoms with van der Waals surface area (Å²) in [5.74, 6) is 0.572. The van der Waals surface area contributed by atoms with Crippen molar-refractivity contribution in [1.29, 1.82) is 0 Å². The molecule has 3 heteroatoms. The molecule has 0 aliphatic heterocycles. The maximum atomic E-state index is 14.4. The van der Waals surface area contributed by atoms with E-state index in [2.05, 4.69) is 24.1 Å². The Morgan fingerprint density at radius 3 is 2.50 bits per heavy atom. The molecule has 2 rings (SSSR count). The normalized spacial score (nSPS) is 16.5. The van der Waals surface area contributed by atoms with Crippen molar-refractivity contribution in [3.63, 3.8) is 0 Å². The molecule has 1 aromatic carbocycles. The van der Waals surface area contributed by atoms with E-state index in [1.165, 1.54) is 12.8 Å². The molecule has 112 valence electrons. The molecule has 0 saturated heterocycles. The third kappa shape index (κ3) is 3.72. The fourth-order valence-corrected chi connectivity index (χ4v) is 2.48. The van der Waals surface area contributed by atoms with Crippen LogP contribution in [0, 0.1) is 11.7 Å². The molecular formula is C17H27FN2. The van der Waals surface area contributed by atoms with Crippen LogP contribution in [0.3, 0.4) is 0 Å². The Balaban J connectivity index is 2.16. The van der Waals surface area contributed by atoms with Crippen LogP contribution >= 0.6 is 0 Å². The maximum Gasteiger partial charge on any atom is 0.146 e. The molecule has 0 aromatic heterocycles. The SMILES string of the molecule is CNC(C)c1ccc(N(CCC(C)C)C2CC2)c(F)c1. The average Bonchev–Trinajstić information content (AvgIpc) is 3.23. The first-order valence-electron chi connectivity index (χ1n) is 7.76. The fourth-order valence-electron chi connectivity index (χ4n) is 2.48. The van der Waals surface area contributed by atoms with Gasteiger partial charge in [-0.1, -0.05) is 19.9 Å². The summed E-state index contributed by atoms with van der Waals surface area (Å²) < 4.78 is 14.4. The third-order valence-electron chi connectivity index (χ3n) is 4.15. The van der Waals surface area contributed by atoms with Crippen molar-refractivity contribution in [2.75, 3.05) is 18.5 Å². The highest BCUT2D eigenvalue weighted by atomic mass is 19.1. The summed E-state index contributed by atoms with van der Waals surface area (Å²) in [6.45, 7) is 7.45. The van der Waals surface area contributed by atoms with Gasteiger partial charge in [0.15, 0.2) is 0 Å². The Bertz CT molecular complexity index is 441. The van der Waals surface area contributed by atoms with Crippen LogP contribution in [0.15, 0.2) is 18.2 Å². The first kappa shape index (κ1) is 15.3. The largest absolute Gasteiger partial charge is 0.366 e. The molecule has 0 amide bonds. The molecule has 0 bridgehead atoms. The highest BCUT2D eigenvalue weighted by Crippen LogP contribution is 2.34. The lowest BCUT2D eigenvalue weighted by Crippen LogP contribution is -2.28. The van der Waals surface area contributed by atoms with E-state index in [-0.39, 0.29) is 11.9 Å². The van der Waals surface area contributed by atoms with Crippen molar-refractivity contribution < 1.29 is 4.39 Å². The molecule has 0 radical (unpaired) electrons. The number of hydrogen-bond donors (Lipinski definition) is 1. The average molecular weight is 278 g/mol. The molecule has 2 nitrogen and oxygen atoms in total. The summed E-state index contributed by atoms with van der Waals surface area (Å²) in [5.41, 5.74) is 1.79. The van der Waals surface area contributed by atoms with Gasteiger partial charge in [0, 0.05) is 18.6 Å². The summed E-state index contributed by atoms with van der Waals surface area (Å²) in [5, 5.41) is 3.15. The van der Waals surface area contributed by atoms with Crippen molar-refractivity contribution in [1.82, 2.24) is 5.32 Å². The van der Waals surface area contributed by atoms with Gasteiger partial charge in [0.25, 0.3) is 0 Å². The Kier molecular flexibility index (Phi) is 5.03. The zero-order valence-electron chi connectivity index (χ0n) is 13.1. The topological polar surface area (TPSA) is 15.3 Å². The first-order chi connectivity index (χ1) is 9.52. The van der Waals surface area contributed by atoms with E-state index in [9.17, 15) is 4.39 Å². The first-order valence-corrected chi connectivity index (χ1v) is 7.76. The van der Waals surface area contributed by atoms with Gasteiger partial charge in [-0.25, -0.2) is 4.39 Å². The van der Waals surface area contributed by atoms with Crippen molar-refractivity contribution in [2.24, 2.45) is 5.92 Å². The molecule has 1 N–H and O–H groups in total. The lowest BCUT2D eigenvalue weighted by molar-refractivity contribution is 0.557. The minimum Gasteiger partial charge on any atom is -0.366 e. The third-order valence-corrected chi connectivity index (χ3v) is 4.15. The monoisotopic (exact) mass is 278 g/mol. The fraction of sp³-hybridized carbons (Fsp3) is 0.647. The zero-order valence-corrected chi connectivity index (χ0v) is 13.1. The lowest BCUT2D eigenvalue weighted by Gasteiger charge is -2.26. The van der Waals surface area contributed by atoms with E-state index in [0.717, 1.165) is 24.2 Å². The smallest absolute Gasteiger partial charge is 0.146 e. The van der Waals surface area contributed by atoms with Gasteiger partial charge in [-0.15, -0.1) is 0 Å². The zero-order chi connectivity index (χ0) is 14.7. The molecule has 1 unspecified atom stereocenters. The van der Waals surface area contributed by atoms with Crippen LogP contribution < -0.4 is 10.2 Å². The molecule has 1 aromatic rings. The van der Waals surface area contributed by atoms with E-state index in [4.69, 9.17) is 0 Å². The van der Waals surface area contributed by atoms with Crippen LogP contribution in [-0.4, -0.2) is 19.6 Å². The number of nitrogens with one attached hydrogen (secondary N) is 1. The van der Waals surface area contributed by atoms with Crippen LogP contribution in [-0.2, 0) is 0 Å². The molecule has 1 aliphatic carbocycles. The molecule has 20 heavy (non-hydrogen) atoms. The minimum atomic E-state index is -0.0831. The molecular weight excluding hydrogens is 251 g/mol. The predicted octanol–water partition coefficient (Wildman–Crippen LogP) is 4.12. The lowest BCUT2D eigenvalue weighted by atomic mass is 10.1. The molecule has 1 fully saturated rings. The summed E-state index contributed by atoms with van der Waals surface area (Å²) >= 11 is 0. The van der Waals surface area contributed by atoms with Crippen molar-refractivity contribution >= 4 is 5.69 Å². The van der Waals surface area contributed by atoms with E-state index in [1.54, 1.807) is 6.07 Å². The highest BCUT2D eigenvalue weighted by molar-refractivity contribution is 5.51. The second-order valence-corrected chi connectivity index (χ2v) is 6.33. The molecule has 1 atom stereocenters. The van der Waals surface area contributed by atoms with Crippen LogP contribution in [0.25, 0.3) is 0 Å². The van der Waals surface area contributed by atoms with Crippen LogP contribution in [0.4, 0.5) is 10.1 Å². The highest BCUT2D eigenvalue weighted by Gasteiger charge is 2.30. The Morgan fingerprint density at radius 1 is 1.30 bits per heavy atom. The maximum absolute atomic E-state index is 14.4. The van der Waals surface area contributed by atoms with Crippen LogP contribution in [0.5, 0.6) is 0 Å². The summed E-state index contributed by atoms with van der Waals surface area (Å²) in [7, 11) is 1.90. The predicted molar refractivity (Wildman–Crippen MR) is 83.7 cm³/mol. The minimum absolute atomic E-state index is 0.0831. The molecule has 0 heterocycles. The van der Waals surface area contributed by atoms with Crippen molar-refractivity contribution in [3.8, 4) is 0 Å². The van der Waals surface area contributed by atoms with E-state index in [1.807, 2.05) is 26.1 Å². The number of hydrogen-bond acceptors (Lipinski definition) is 2. The summed E-state index contributed by atoms with van der Waals surface area (Å²) in [6.07, 6.45) is 3.52. The molecule has 0 spiro atoms. The quantitative estimate of drug-likeness (QED) is 0.807. The van der Waals surface area contributed by atoms with Gasteiger partial charge >= 0.3 is 0 Å². The Labute approximate surface area is 122 Å². The van der Waals surface area contributed by atoms with Crippen molar-refractivity contribution in [3.05, 3.63) is 29.6 Å². The summed E-state index contributed by atoms with van der Waals surface area (Å²) in [4.78, 5) is 2.27. The van der Waals surface area contributed by atoms with Gasteiger partial charge in [-0.2, -0.15) is 0 Å². The van der Waals surface area contributed by atoms with Gasteiger partial charge in [0.2, 0.25) is 0 Å². The number of anilines is 1. The van der Waals surface area contributed by atoms with Crippen molar-refractivity contribution in [2.45, 2.75) is 52.1 Å². The van der Waals surface area contributed by atoms with Gasteiger partial charge in [-0.05, 0) is 56.8 Å². The number of nitrogens with zero attached hydrogens (tertiary/aromatic N) is 1. The van der Waals surface area contributed by atoms with Gasteiger partial charge in [0.1, 0.15) is 5.82 Å². The van der Waals surface area contributed by atoms with E-state index < -0.39 is 0 Å². The van der Waals surface area contributed by atoms with Gasteiger partial charge < -0.3 is 10.2 Å². The van der Waals surface area contributed by atoms with Gasteiger partial charge in [-0.3, -0.25) is 0 Å². The summed E-state index contributed by atoms with van der Waals surface area (Å²) in [6, 6.07) is 6.42. The second-order valence-electron chi connectivity index (χ2n) is 6.33. The van der Waals surface area contributed by atoms with Gasteiger partial charge in [0.05, 0.1) is 5.69 Å². The number of benzene rings is 1. The Hall–Kier alpha value is -1.09. The van der Waals surface area contributed by atoms with E-state index in [0.29, 0.717) is 12.0 Å². The molecule has 1 saturated carbocycles. The standard InChI is InChI=1S/C17H27FN2/c1-12(2)9-10-20(15-6-7-15)17-8-5-14(11-16(17)18)13(3)19-4/h5,8,11-13,15,19H,6-7,9-10H2,1-4H3. The number of halogens is 1. The Morgan fingerprint density at radius 2 is 2.00 bits per heavy atom. The number of rotatable bonds is 7. The van der Waals surface area contributed by atoms with Crippen LogP contribution in [0.1, 0.15) is 51.6 Å².